The maximum absolute atomic E-state index is 6.04. The molecule has 0 spiro atoms. The number of nitrogens with one attached hydrogen (secondary N) is 2. The number of rotatable bonds is 5. The third-order valence-corrected chi connectivity index (χ3v) is 4.62. The van der Waals surface area contributed by atoms with E-state index in [1.54, 1.807) is 4.68 Å². The standard InChI is InChI=1S/C14H18BrN11/c1-5-26-12(16)10(8(4)25-26)19-24-14-11(7(3)18-23-14)20-22-13-9(15)6(2)17-21-13/h5,16H2,1-4H3,(H,17,21)(H,18,23). The summed E-state index contributed by atoms with van der Waals surface area (Å²) in [6, 6.07) is 0. The van der Waals surface area contributed by atoms with E-state index in [2.05, 4.69) is 61.9 Å². The molecular formula is C14H18BrN11. The first-order valence-corrected chi connectivity index (χ1v) is 8.63. The van der Waals surface area contributed by atoms with Gasteiger partial charge in [0, 0.05) is 12.2 Å². The van der Waals surface area contributed by atoms with Gasteiger partial charge in [0.05, 0.1) is 15.9 Å². The average molecular weight is 420 g/mol. The van der Waals surface area contributed by atoms with Crippen molar-refractivity contribution in [3.63, 3.8) is 0 Å². The highest BCUT2D eigenvalue weighted by molar-refractivity contribution is 9.10. The number of nitrogens with zero attached hydrogens (tertiary/aromatic N) is 8. The summed E-state index contributed by atoms with van der Waals surface area (Å²) in [5.41, 5.74) is 9.29. The van der Waals surface area contributed by atoms with Crippen LogP contribution in [0.25, 0.3) is 0 Å². The van der Waals surface area contributed by atoms with Gasteiger partial charge in [0.1, 0.15) is 5.82 Å². The minimum absolute atomic E-state index is 0.303. The van der Waals surface area contributed by atoms with Crippen molar-refractivity contribution in [1.82, 2.24) is 30.2 Å². The SMILES string of the molecule is CCn1nc(C)c(N=Nc2n[nH]c(C)c2N=Nc2n[nH]c(C)c2Br)c1N. The van der Waals surface area contributed by atoms with E-state index < -0.39 is 0 Å². The number of hydrogen-bond acceptors (Lipinski definition) is 8. The number of nitrogen functional groups attached to an aromatic ring is 1. The van der Waals surface area contributed by atoms with Crippen molar-refractivity contribution in [2.45, 2.75) is 34.2 Å². The molecule has 0 unspecified atom stereocenters. The lowest BCUT2D eigenvalue weighted by atomic mass is 10.4. The second kappa shape index (κ2) is 7.15. The van der Waals surface area contributed by atoms with Crippen molar-refractivity contribution in [3.05, 3.63) is 21.6 Å². The van der Waals surface area contributed by atoms with E-state index in [9.17, 15) is 0 Å². The highest BCUT2D eigenvalue weighted by atomic mass is 79.9. The number of hydrogen-bond donors (Lipinski definition) is 3. The van der Waals surface area contributed by atoms with Crippen LogP contribution in [0.5, 0.6) is 0 Å². The Morgan fingerprint density at radius 3 is 2.19 bits per heavy atom. The Bertz CT molecular complexity index is 991. The minimum Gasteiger partial charge on any atom is -0.382 e. The van der Waals surface area contributed by atoms with Crippen molar-refractivity contribution in [2.75, 3.05) is 5.73 Å². The summed E-state index contributed by atoms with van der Waals surface area (Å²) in [4.78, 5) is 0. The summed E-state index contributed by atoms with van der Waals surface area (Å²) in [6.07, 6.45) is 0. The maximum Gasteiger partial charge on any atom is 0.223 e. The molecule has 0 aliphatic rings. The minimum atomic E-state index is 0.303. The monoisotopic (exact) mass is 419 g/mol. The van der Waals surface area contributed by atoms with Gasteiger partial charge in [-0.25, -0.2) is 4.68 Å². The normalized spacial score (nSPS) is 12.0. The van der Waals surface area contributed by atoms with Gasteiger partial charge in [-0.05, 0) is 43.6 Å². The summed E-state index contributed by atoms with van der Waals surface area (Å²) in [5.74, 6) is 1.20. The number of halogens is 1. The molecule has 0 saturated heterocycles. The predicted molar refractivity (Wildman–Crippen MR) is 99.8 cm³/mol. The maximum atomic E-state index is 6.04. The number of aryl methyl sites for hydroxylation is 4. The van der Waals surface area contributed by atoms with Crippen LogP contribution in [0, 0.1) is 20.8 Å². The first kappa shape index (κ1) is 17.9. The van der Waals surface area contributed by atoms with Crippen LogP contribution in [0.1, 0.15) is 24.0 Å². The number of azo groups is 2. The Morgan fingerprint density at radius 1 is 0.962 bits per heavy atom. The van der Waals surface area contributed by atoms with E-state index in [1.807, 2.05) is 27.7 Å². The van der Waals surface area contributed by atoms with Gasteiger partial charge in [0.2, 0.25) is 11.6 Å². The van der Waals surface area contributed by atoms with Crippen molar-refractivity contribution >= 4 is 44.8 Å². The number of anilines is 1. The van der Waals surface area contributed by atoms with Gasteiger partial charge in [0.25, 0.3) is 0 Å². The zero-order chi connectivity index (χ0) is 18.8. The zero-order valence-corrected chi connectivity index (χ0v) is 16.3. The fraction of sp³-hybridized carbons (Fsp3) is 0.357. The zero-order valence-electron chi connectivity index (χ0n) is 14.7. The lowest BCUT2D eigenvalue weighted by molar-refractivity contribution is 0.663. The fourth-order valence-corrected chi connectivity index (χ4v) is 2.47. The molecule has 4 N–H and O–H groups in total. The summed E-state index contributed by atoms with van der Waals surface area (Å²) < 4.78 is 2.42. The van der Waals surface area contributed by atoms with Gasteiger partial charge in [-0.1, -0.05) is 0 Å². The molecule has 0 atom stereocenters. The van der Waals surface area contributed by atoms with Crippen LogP contribution in [0.3, 0.4) is 0 Å². The average Bonchev–Trinajstić information content (AvgIpc) is 3.22. The molecule has 11 nitrogen and oxygen atoms in total. The van der Waals surface area contributed by atoms with Gasteiger partial charge < -0.3 is 5.73 Å². The van der Waals surface area contributed by atoms with Crippen LogP contribution in [-0.4, -0.2) is 30.2 Å². The molecule has 0 aromatic carbocycles. The number of aromatic nitrogens is 6. The Labute approximate surface area is 157 Å². The van der Waals surface area contributed by atoms with Gasteiger partial charge in [-0.3, -0.25) is 10.2 Å². The topological polar surface area (TPSA) is 151 Å². The predicted octanol–water partition coefficient (Wildman–Crippen LogP) is 4.45. The third-order valence-electron chi connectivity index (χ3n) is 3.67. The Balaban J connectivity index is 1.91. The highest BCUT2D eigenvalue weighted by Gasteiger charge is 2.14. The van der Waals surface area contributed by atoms with Gasteiger partial charge in [-0.2, -0.15) is 15.3 Å². The molecule has 3 heterocycles. The molecule has 0 aliphatic carbocycles. The molecule has 0 aliphatic heterocycles. The van der Waals surface area contributed by atoms with Crippen molar-refractivity contribution in [2.24, 2.45) is 20.5 Å². The lowest BCUT2D eigenvalue weighted by Crippen LogP contribution is -2.01. The molecule has 0 saturated carbocycles. The lowest BCUT2D eigenvalue weighted by Gasteiger charge is -1.97. The number of aromatic amines is 2. The van der Waals surface area contributed by atoms with Crippen molar-refractivity contribution < 1.29 is 0 Å². The Morgan fingerprint density at radius 2 is 1.58 bits per heavy atom. The second-order valence-corrected chi connectivity index (χ2v) is 6.34. The molecule has 0 radical (unpaired) electrons. The third kappa shape index (κ3) is 3.27. The van der Waals surface area contributed by atoms with Crippen LogP contribution in [-0.2, 0) is 6.54 Å². The molecule has 0 bridgehead atoms. The summed E-state index contributed by atoms with van der Waals surface area (Å²) in [6.45, 7) is 8.13. The molecule has 3 rings (SSSR count). The largest absolute Gasteiger partial charge is 0.382 e. The van der Waals surface area contributed by atoms with E-state index in [1.165, 1.54) is 0 Å². The highest BCUT2D eigenvalue weighted by Crippen LogP contribution is 2.34. The quantitative estimate of drug-likeness (QED) is 0.522. The first-order valence-electron chi connectivity index (χ1n) is 7.84. The Hall–Kier alpha value is -2.89. The number of H-pyrrole nitrogens is 2. The van der Waals surface area contributed by atoms with Crippen LogP contribution < -0.4 is 5.73 Å². The molecule has 3 aromatic rings. The summed E-state index contributed by atoms with van der Waals surface area (Å²) in [5, 5.41) is 34.8. The van der Waals surface area contributed by atoms with E-state index in [-0.39, 0.29) is 0 Å². The van der Waals surface area contributed by atoms with E-state index in [0.717, 1.165) is 10.2 Å². The van der Waals surface area contributed by atoms with Crippen LogP contribution in [0.2, 0.25) is 0 Å². The molecular weight excluding hydrogens is 402 g/mol. The van der Waals surface area contributed by atoms with E-state index in [0.29, 0.717) is 46.8 Å². The number of nitrogens with two attached hydrogens (primary N) is 1. The Kier molecular flexibility index (Phi) is 4.93. The molecule has 136 valence electrons. The van der Waals surface area contributed by atoms with Gasteiger partial charge in [0.15, 0.2) is 11.4 Å². The molecule has 3 aromatic heterocycles. The summed E-state index contributed by atoms with van der Waals surface area (Å²) >= 11 is 3.40. The molecule has 0 fully saturated rings. The van der Waals surface area contributed by atoms with E-state index in [4.69, 9.17) is 5.73 Å². The van der Waals surface area contributed by atoms with Crippen LogP contribution >= 0.6 is 15.9 Å². The van der Waals surface area contributed by atoms with Crippen LogP contribution in [0.15, 0.2) is 24.9 Å². The van der Waals surface area contributed by atoms with E-state index >= 15 is 0 Å². The van der Waals surface area contributed by atoms with Gasteiger partial charge >= 0.3 is 0 Å². The van der Waals surface area contributed by atoms with Crippen molar-refractivity contribution in [3.8, 4) is 0 Å². The molecule has 12 heteroatoms. The van der Waals surface area contributed by atoms with Crippen molar-refractivity contribution in [1.29, 1.82) is 0 Å². The smallest absolute Gasteiger partial charge is 0.223 e. The second-order valence-electron chi connectivity index (χ2n) is 5.54. The van der Waals surface area contributed by atoms with Gasteiger partial charge in [-0.15, -0.1) is 20.5 Å². The first-order chi connectivity index (χ1) is 12.4. The summed E-state index contributed by atoms with van der Waals surface area (Å²) in [7, 11) is 0. The molecule has 0 amide bonds. The molecule has 26 heavy (non-hydrogen) atoms. The fourth-order valence-electron chi connectivity index (χ4n) is 2.22. The van der Waals surface area contributed by atoms with Crippen LogP contribution in [0.4, 0.5) is 28.8 Å².